The molecule has 2 unspecified atom stereocenters. The number of allylic oxidation sites excluding steroid dienone is 2. The highest BCUT2D eigenvalue weighted by Gasteiger charge is 2.50. The van der Waals surface area contributed by atoms with E-state index in [1.165, 1.54) is 36.2 Å². The van der Waals surface area contributed by atoms with Crippen LogP contribution in [-0.2, 0) is 33.4 Å². The largest absolute Gasteiger partial charge is 0.362 e. The highest BCUT2D eigenvalue weighted by atomic mass is 32.2. The number of hydrogen-bond acceptors (Lipinski definition) is 10. The number of halogens is 2. The summed E-state index contributed by atoms with van der Waals surface area (Å²) in [4.78, 5) is 13.4. The van der Waals surface area contributed by atoms with E-state index in [0.29, 0.717) is 35.7 Å². The molecule has 9 nitrogen and oxygen atoms in total. The van der Waals surface area contributed by atoms with E-state index in [1.54, 1.807) is 24.3 Å². The predicted molar refractivity (Wildman–Crippen MR) is 151 cm³/mol. The summed E-state index contributed by atoms with van der Waals surface area (Å²) in [6.07, 6.45) is 6.11. The molecule has 1 aromatic carbocycles. The lowest BCUT2D eigenvalue weighted by Crippen LogP contribution is -2.58. The molecule has 1 aliphatic carbocycles. The lowest BCUT2D eigenvalue weighted by Gasteiger charge is -2.41. The van der Waals surface area contributed by atoms with Gasteiger partial charge in [-0.3, -0.25) is 4.98 Å². The number of nitrogens with one attached hydrogen (secondary N) is 2. The smallest absolute Gasteiger partial charge is 0.296 e. The van der Waals surface area contributed by atoms with E-state index in [0.717, 1.165) is 16.6 Å². The van der Waals surface area contributed by atoms with E-state index >= 15 is 8.78 Å². The molecular weight excluding hydrogens is 558 g/mol. The standard InChI is InChI=1S/C27H28F2N6O3S2/c1-40(36,37)11-10-31-14-24-35-23(16-39-24)21-12-20-22(13-32-21)33-17-34-27(20,30)19-8-5-9-26(28,29)25(19)38-15-18-6-3-2-4-7-18/h2-9,12-13,16-17,25,31H,10-11,14-15,30H2,1H3,(H,33,34). The van der Waals surface area contributed by atoms with Gasteiger partial charge in [0.25, 0.3) is 5.92 Å². The SMILES string of the molecule is CS(=O)(=O)CCNCc1nc(-c2cc3c(cn2)N=CNC3(N)C2=CC=CC(F)(F)C2OCc2ccccc2)cs1. The maximum absolute atomic E-state index is 15.2. The predicted octanol–water partition coefficient (Wildman–Crippen LogP) is 3.43. The summed E-state index contributed by atoms with van der Waals surface area (Å²) in [5.41, 5.74) is 8.17. The molecule has 1 aliphatic heterocycles. The number of nitrogens with two attached hydrogens (primary N) is 1. The molecule has 2 aliphatic rings. The Hall–Kier alpha value is -3.36. The van der Waals surface area contributed by atoms with Gasteiger partial charge in [0.15, 0.2) is 6.10 Å². The van der Waals surface area contributed by atoms with Crippen molar-refractivity contribution in [3.8, 4) is 11.4 Å². The van der Waals surface area contributed by atoms with Gasteiger partial charge < -0.3 is 21.1 Å². The monoisotopic (exact) mass is 586 g/mol. The van der Waals surface area contributed by atoms with Crippen molar-refractivity contribution in [3.63, 3.8) is 0 Å². The Morgan fingerprint density at radius 2 is 2.02 bits per heavy atom. The number of rotatable bonds is 10. The van der Waals surface area contributed by atoms with Gasteiger partial charge in [-0.05, 0) is 17.7 Å². The summed E-state index contributed by atoms with van der Waals surface area (Å²) in [6, 6.07) is 10.8. The fraction of sp³-hybridized carbons (Fsp3) is 0.296. The van der Waals surface area contributed by atoms with Gasteiger partial charge in [-0.1, -0.05) is 42.5 Å². The summed E-state index contributed by atoms with van der Waals surface area (Å²) in [5.74, 6) is -3.27. The van der Waals surface area contributed by atoms with Gasteiger partial charge in [0.2, 0.25) is 0 Å². The van der Waals surface area contributed by atoms with Crippen molar-refractivity contribution in [1.29, 1.82) is 0 Å². The first kappa shape index (κ1) is 28.2. The number of hydrogen-bond donors (Lipinski definition) is 3. The number of nitrogens with zero attached hydrogens (tertiary/aromatic N) is 3. The van der Waals surface area contributed by atoms with Crippen LogP contribution in [0.2, 0.25) is 0 Å². The van der Waals surface area contributed by atoms with Gasteiger partial charge >= 0.3 is 0 Å². The van der Waals surface area contributed by atoms with Crippen molar-refractivity contribution in [2.24, 2.45) is 10.7 Å². The highest BCUT2D eigenvalue weighted by Crippen LogP contribution is 2.43. The molecule has 3 heterocycles. The quantitative estimate of drug-likeness (QED) is 0.308. The fourth-order valence-corrected chi connectivity index (χ4v) is 5.72. The number of pyridine rings is 1. The van der Waals surface area contributed by atoms with Crippen molar-refractivity contribution < 1.29 is 21.9 Å². The maximum Gasteiger partial charge on any atom is 0.296 e. The van der Waals surface area contributed by atoms with Crippen LogP contribution in [0, 0.1) is 0 Å². The first-order valence-corrected chi connectivity index (χ1v) is 15.4. The van der Waals surface area contributed by atoms with Crippen LogP contribution >= 0.6 is 11.3 Å². The van der Waals surface area contributed by atoms with Gasteiger partial charge in [-0.2, -0.15) is 8.78 Å². The third-order valence-electron chi connectivity index (χ3n) is 6.48. The molecule has 40 heavy (non-hydrogen) atoms. The Morgan fingerprint density at radius 3 is 2.80 bits per heavy atom. The maximum atomic E-state index is 15.2. The van der Waals surface area contributed by atoms with Gasteiger partial charge in [-0.15, -0.1) is 11.3 Å². The van der Waals surface area contributed by atoms with Crippen molar-refractivity contribution in [2.45, 2.75) is 30.8 Å². The Balaban J connectivity index is 1.41. The molecular formula is C27H28F2N6O3S2. The highest BCUT2D eigenvalue weighted by molar-refractivity contribution is 7.90. The fourth-order valence-electron chi connectivity index (χ4n) is 4.44. The van der Waals surface area contributed by atoms with E-state index < -0.39 is 27.5 Å². The van der Waals surface area contributed by atoms with Crippen LogP contribution < -0.4 is 16.4 Å². The number of thiazole rings is 1. The molecule has 0 amide bonds. The van der Waals surface area contributed by atoms with Crippen LogP contribution in [0.1, 0.15) is 16.1 Å². The summed E-state index contributed by atoms with van der Waals surface area (Å²) in [7, 11) is -3.06. The molecule has 2 atom stereocenters. The topological polar surface area (TPSA) is 132 Å². The molecule has 210 valence electrons. The number of ether oxygens (including phenoxy) is 1. The number of benzene rings is 1. The second kappa shape index (κ2) is 11.3. The summed E-state index contributed by atoms with van der Waals surface area (Å²) in [6.45, 7) is 0.684. The molecule has 3 aromatic rings. The van der Waals surface area contributed by atoms with Gasteiger partial charge in [-0.25, -0.2) is 18.4 Å². The molecule has 2 aromatic heterocycles. The molecule has 4 N–H and O–H groups in total. The Morgan fingerprint density at radius 1 is 1.23 bits per heavy atom. The minimum atomic E-state index is -3.30. The molecule has 0 bridgehead atoms. The lowest BCUT2D eigenvalue weighted by molar-refractivity contribution is -0.100. The number of alkyl halides is 2. The Labute approximate surface area is 234 Å². The van der Waals surface area contributed by atoms with Gasteiger partial charge in [0.05, 0.1) is 42.0 Å². The van der Waals surface area contributed by atoms with E-state index in [9.17, 15) is 8.42 Å². The lowest BCUT2D eigenvalue weighted by atomic mass is 9.82. The van der Waals surface area contributed by atoms with E-state index in [-0.39, 0.29) is 17.9 Å². The zero-order valence-corrected chi connectivity index (χ0v) is 23.2. The molecule has 13 heteroatoms. The minimum absolute atomic E-state index is 0.0231. The summed E-state index contributed by atoms with van der Waals surface area (Å²) in [5, 5.41) is 8.61. The zero-order chi connectivity index (χ0) is 28.4. The van der Waals surface area contributed by atoms with Crippen molar-refractivity contribution >= 4 is 33.2 Å². The average Bonchev–Trinajstić information content (AvgIpc) is 3.39. The normalized spacial score (nSPS) is 21.5. The van der Waals surface area contributed by atoms with E-state index in [4.69, 9.17) is 10.5 Å². The third kappa shape index (κ3) is 6.18. The third-order valence-corrected chi connectivity index (χ3v) is 8.28. The molecule has 0 saturated heterocycles. The minimum Gasteiger partial charge on any atom is -0.362 e. The second-order valence-electron chi connectivity index (χ2n) is 9.56. The van der Waals surface area contributed by atoms with Gasteiger partial charge in [0.1, 0.15) is 20.5 Å². The van der Waals surface area contributed by atoms with Crippen molar-refractivity contribution in [2.75, 3.05) is 18.6 Å². The van der Waals surface area contributed by atoms with Crippen molar-refractivity contribution in [3.05, 3.63) is 87.9 Å². The first-order valence-electron chi connectivity index (χ1n) is 12.4. The number of aliphatic imine (C=N–C) groups is 1. The number of sulfone groups is 1. The van der Waals surface area contributed by atoms with Crippen LogP contribution in [0.15, 0.2) is 76.8 Å². The van der Waals surface area contributed by atoms with E-state index in [1.807, 2.05) is 23.6 Å². The molecule has 0 spiro atoms. The molecule has 0 fully saturated rings. The summed E-state index contributed by atoms with van der Waals surface area (Å²) >= 11 is 1.39. The molecule has 0 radical (unpaired) electrons. The number of aromatic nitrogens is 2. The second-order valence-corrected chi connectivity index (χ2v) is 12.8. The first-order chi connectivity index (χ1) is 19.1. The van der Waals surface area contributed by atoms with Gasteiger partial charge in [0, 0.05) is 35.9 Å². The molecule has 5 rings (SSSR count). The van der Waals surface area contributed by atoms with Crippen LogP contribution in [-0.4, -0.2) is 55.3 Å². The van der Waals surface area contributed by atoms with Crippen molar-refractivity contribution in [1.82, 2.24) is 20.6 Å². The molecule has 0 saturated carbocycles. The number of fused-ring (bicyclic) bond motifs is 1. The zero-order valence-electron chi connectivity index (χ0n) is 21.6. The summed E-state index contributed by atoms with van der Waals surface area (Å²) < 4.78 is 58.9. The van der Waals surface area contributed by atoms with E-state index in [2.05, 4.69) is 25.6 Å². The Bertz CT molecular complexity index is 1570. The van der Waals surface area contributed by atoms with Crippen LogP contribution in [0.4, 0.5) is 14.5 Å². The Kier molecular flexibility index (Phi) is 7.93. The average molecular weight is 587 g/mol. The van der Waals surface area contributed by atoms with Crippen LogP contribution in [0.3, 0.4) is 0 Å². The van der Waals surface area contributed by atoms with Crippen LogP contribution in [0.25, 0.3) is 11.4 Å². The van der Waals surface area contributed by atoms with Crippen LogP contribution in [0.5, 0.6) is 0 Å².